The molecule has 11 heavy (non-hydrogen) atoms. The molecule has 0 fully saturated rings. The molecular weight excluding hydrogens is 163 g/mol. The number of hydrogen-bond donors (Lipinski definition) is 0. The highest BCUT2D eigenvalue weighted by molar-refractivity contribution is 7.78. The smallest absolute Gasteiger partial charge is 0.363 e. The second-order valence-corrected chi connectivity index (χ2v) is 5.49. The van der Waals surface area contributed by atoms with E-state index in [9.17, 15) is 9.36 Å². The van der Waals surface area contributed by atoms with Gasteiger partial charge < -0.3 is 9.30 Å². The summed E-state index contributed by atoms with van der Waals surface area (Å²) in [5, 5.41) is 0. The highest BCUT2D eigenvalue weighted by atomic mass is 31.2. The summed E-state index contributed by atoms with van der Waals surface area (Å²) in [4.78, 5) is 10.8. The van der Waals surface area contributed by atoms with Gasteiger partial charge in [-0.15, -0.1) is 12.3 Å². The van der Waals surface area contributed by atoms with E-state index in [1.54, 1.807) is 0 Å². The quantitative estimate of drug-likeness (QED) is 0.372. The summed E-state index contributed by atoms with van der Waals surface area (Å²) in [6, 6.07) is 0. The van der Waals surface area contributed by atoms with Crippen molar-refractivity contribution in [1.82, 2.24) is 0 Å². The molecule has 62 valence electrons. The number of terminal acetylenes is 1. The van der Waals surface area contributed by atoms with E-state index in [2.05, 4.69) is 10.7 Å². The first-order valence-electron chi connectivity index (χ1n) is 3.14. The largest absolute Gasteiger partial charge is 0.459 e. The molecular formula is C7H11O3P. The highest BCUT2D eigenvalue weighted by Gasteiger charge is 2.20. The molecule has 0 saturated carbocycles. The van der Waals surface area contributed by atoms with Gasteiger partial charge >= 0.3 is 5.71 Å². The number of carbonyl (C=O) groups is 1. The van der Waals surface area contributed by atoms with Gasteiger partial charge in [0.2, 0.25) is 0 Å². The highest BCUT2D eigenvalue weighted by Crippen LogP contribution is 2.38. The van der Waals surface area contributed by atoms with Crippen LogP contribution in [0, 0.1) is 12.3 Å². The van der Waals surface area contributed by atoms with Crippen LogP contribution in [0.5, 0.6) is 0 Å². The van der Waals surface area contributed by atoms with E-state index in [0.29, 0.717) is 6.42 Å². The standard InChI is InChI=1S/C7H11O3P/c1-4-5-6-10-7(8)11(2,3)9/h1H,5-6H2,2-3H3. The van der Waals surface area contributed by atoms with Gasteiger partial charge in [-0.3, -0.25) is 0 Å². The van der Waals surface area contributed by atoms with Crippen LogP contribution in [0.2, 0.25) is 0 Å². The summed E-state index contributed by atoms with van der Waals surface area (Å²) >= 11 is 0. The molecule has 0 aromatic heterocycles. The van der Waals surface area contributed by atoms with Crippen molar-refractivity contribution in [3.8, 4) is 12.3 Å². The molecule has 0 heterocycles. The minimum Gasteiger partial charge on any atom is -0.459 e. The molecule has 0 bridgehead atoms. The van der Waals surface area contributed by atoms with Crippen LogP contribution in [0.4, 0.5) is 4.79 Å². The third-order valence-corrected chi connectivity index (χ3v) is 1.92. The summed E-state index contributed by atoms with van der Waals surface area (Å²) < 4.78 is 15.6. The summed E-state index contributed by atoms with van der Waals surface area (Å²) in [6.07, 6.45) is 5.28. The Bertz CT molecular complexity index is 220. The minimum atomic E-state index is -2.73. The second-order valence-electron chi connectivity index (χ2n) is 2.42. The number of ether oxygens (including phenoxy) is 1. The lowest BCUT2D eigenvalue weighted by Gasteiger charge is -2.04. The van der Waals surface area contributed by atoms with E-state index in [4.69, 9.17) is 6.42 Å². The predicted octanol–water partition coefficient (Wildman–Crippen LogP) is 1.77. The van der Waals surface area contributed by atoms with Gasteiger partial charge in [-0.05, 0) is 13.3 Å². The van der Waals surface area contributed by atoms with Gasteiger partial charge in [-0.1, -0.05) is 0 Å². The summed E-state index contributed by atoms with van der Waals surface area (Å²) in [5.74, 6) is 2.31. The van der Waals surface area contributed by atoms with Crippen molar-refractivity contribution in [1.29, 1.82) is 0 Å². The van der Waals surface area contributed by atoms with E-state index >= 15 is 0 Å². The predicted molar refractivity (Wildman–Crippen MR) is 44.3 cm³/mol. The lowest BCUT2D eigenvalue weighted by molar-refractivity contribution is 0.175. The van der Waals surface area contributed by atoms with Gasteiger partial charge in [0.25, 0.3) is 0 Å². The van der Waals surface area contributed by atoms with E-state index < -0.39 is 12.9 Å². The first-order valence-corrected chi connectivity index (χ1v) is 5.74. The number of carbonyl (C=O) groups excluding carboxylic acids is 1. The maximum Gasteiger partial charge on any atom is 0.363 e. The zero-order valence-corrected chi connectivity index (χ0v) is 7.56. The van der Waals surface area contributed by atoms with Crippen molar-refractivity contribution in [2.24, 2.45) is 0 Å². The lowest BCUT2D eigenvalue weighted by atomic mass is 10.5. The Morgan fingerprint density at radius 1 is 1.64 bits per heavy atom. The summed E-state index contributed by atoms with van der Waals surface area (Å²) in [6.45, 7) is 2.89. The van der Waals surface area contributed by atoms with Crippen LogP contribution in [-0.4, -0.2) is 25.6 Å². The number of hydrogen-bond acceptors (Lipinski definition) is 3. The monoisotopic (exact) mass is 174 g/mol. The third-order valence-electron chi connectivity index (χ3n) is 0.912. The molecule has 0 spiro atoms. The molecule has 0 radical (unpaired) electrons. The molecule has 0 atom stereocenters. The van der Waals surface area contributed by atoms with Gasteiger partial charge in [0.15, 0.2) is 7.14 Å². The fourth-order valence-corrected chi connectivity index (χ4v) is 0.755. The average molecular weight is 174 g/mol. The summed E-state index contributed by atoms with van der Waals surface area (Å²) in [7, 11) is -2.73. The fourth-order valence-electron chi connectivity index (χ4n) is 0.353. The van der Waals surface area contributed by atoms with Gasteiger partial charge in [0.1, 0.15) is 6.61 Å². The number of rotatable bonds is 3. The molecule has 0 rings (SSSR count). The molecule has 0 saturated heterocycles. The van der Waals surface area contributed by atoms with Crippen molar-refractivity contribution in [3.05, 3.63) is 0 Å². The van der Waals surface area contributed by atoms with Crippen molar-refractivity contribution in [2.75, 3.05) is 19.9 Å². The molecule has 0 aliphatic heterocycles. The molecule has 0 aromatic carbocycles. The van der Waals surface area contributed by atoms with Crippen molar-refractivity contribution in [2.45, 2.75) is 6.42 Å². The Labute approximate surface area is 66.5 Å². The van der Waals surface area contributed by atoms with Crippen LogP contribution in [0.1, 0.15) is 6.42 Å². The fraction of sp³-hybridized carbons (Fsp3) is 0.571. The second kappa shape index (κ2) is 4.20. The maximum atomic E-state index is 11.0. The molecule has 3 nitrogen and oxygen atoms in total. The molecule has 4 heteroatoms. The topological polar surface area (TPSA) is 43.4 Å². The van der Waals surface area contributed by atoms with E-state index in [1.807, 2.05) is 0 Å². The van der Waals surface area contributed by atoms with Gasteiger partial charge in [-0.2, -0.15) is 0 Å². The molecule has 0 aliphatic rings. The van der Waals surface area contributed by atoms with Crippen LogP contribution >= 0.6 is 7.14 Å². The Kier molecular flexibility index (Phi) is 3.92. The van der Waals surface area contributed by atoms with Gasteiger partial charge in [-0.25, -0.2) is 4.79 Å². The van der Waals surface area contributed by atoms with Crippen molar-refractivity contribution >= 4 is 12.9 Å². The van der Waals surface area contributed by atoms with Gasteiger partial charge in [0.05, 0.1) is 0 Å². The molecule has 0 aromatic rings. The first kappa shape index (κ1) is 10.3. The van der Waals surface area contributed by atoms with Crippen molar-refractivity contribution < 1.29 is 14.1 Å². The Morgan fingerprint density at radius 2 is 2.18 bits per heavy atom. The Hall–Kier alpha value is -0.740. The maximum absolute atomic E-state index is 11.0. The zero-order chi connectivity index (χ0) is 8.91. The third kappa shape index (κ3) is 4.64. The molecule has 0 N–H and O–H groups in total. The first-order chi connectivity index (χ1) is 4.98. The Morgan fingerprint density at radius 3 is 2.55 bits per heavy atom. The SMILES string of the molecule is C#CCCOC(=O)P(C)(C)=O. The lowest BCUT2D eigenvalue weighted by Crippen LogP contribution is -2.02. The normalized spacial score (nSPS) is 10.3. The molecule has 0 aliphatic carbocycles. The zero-order valence-electron chi connectivity index (χ0n) is 6.66. The minimum absolute atomic E-state index is 0.154. The van der Waals surface area contributed by atoms with E-state index in [1.165, 1.54) is 13.3 Å². The summed E-state index contributed by atoms with van der Waals surface area (Å²) in [5.41, 5.74) is -0.646. The van der Waals surface area contributed by atoms with Crippen LogP contribution in [0.25, 0.3) is 0 Å². The van der Waals surface area contributed by atoms with Crippen LogP contribution in [-0.2, 0) is 9.30 Å². The Balaban J connectivity index is 3.74. The van der Waals surface area contributed by atoms with E-state index in [-0.39, 0.29) is 6.61 Å². The van der Waals surface area contributed by atoms with Crippen LogP contribution < -0.4 is 0 Å². The van der Waals surface area contributed by atoms with Crippen molar-refractivity contribution in [3.63, 3.8) is 0 Å². The van der Waals surface area contributed by atoms with Gasteiger partial charge in [0, 0.05) is 6.42 Å². The average Bonchev–Trinajstić information content (AvgIpc) is 1.86. The molecule has 0 unspecified atom stereocenters. The van der Waals surface area contributed by atoms with Crippen LogP contribution in [0.15, 0.2) is 0 Å². The van der Waals surface area contributed by atoms with Crippen LogP contribution in [0.3, 0.4) is 0 Å². The van der Waals surface area contributed by atoms with E-state index in [0.717, 1.165) is 0 Å². The molecule has 0 amide bonds.